The summed E-state index contributed by atoms with van der Waals surface area (Å²) in [7, 11) is 1.71. The molecular weight excluding hydrogens is 264 g/mol. The third-order valence-electron chi connectivity index (χ3n) is 2.78. The van der Waals surface area contributed by atoms with Gasteiger partial charge in [-0.25, -0.2) is 0 Å². The van der Waals surface area contributed by atoms with Gasteiger partial charge in [-0.3, -0.25) is 4.79 Å². The fourth-order valence-electron chi connectivity index (χ4n) is 1.76. The molecule has 0 radical (unpaired) electrons. The molecule has 2 rings (SSSR count). The summed E-state index contributed by atoms with van der Waals surface area (Å²) in [4.78, 5) is 13.8. The molecule has 0 aliphatic rings. The molecule has 1 aromatic heterocycles. The van der Waals surface area contributed by atoms with Crippen molar-refractivity contribution in [2.24, 2.45) is 0 Å². The zero-order valence-corrected chi connectivity index (χ0v) is 11.6. The van der Waals surface area contributed by atoms with Crippen molar-refractivity contribution in [2.45, 2.75) is 13.5 Å². The van der Waals surface area contributed by atoms with Gasteiger partial charge >= 0.3 is 0 Å². The summed E-state index contributed by atoms with van der Waals surface area (Å²) in [6, 6.07) is 8.58. The highest BCUT2D eigenvalue weighted by Crippen LogP contribution is 2.21. The minimum atomic E-state index is -0.129. The Hall–Kier alpha value is -1.94. The maximum absolute atomic E-state index is 12.2. The molecule has 19 heavy (non-hydrogen) atoms. The van der Waals surface area contributed by atoms with E-state index in [4.69, 9.17) is 21.8 Å². The lowest BCUT2D eigenvalue weighted by Crippen LogP contribution is -2.26. The Labute approximate surface area is 116 Å². The van der Waals surface area contributed by atoms with E-state index < -0.39 is 0 Å². The maximum atomic E-state index is 12.2. The van der Waals surface area contributed by atoms with E-state index >= 15 is 0 Å². The minimum Gasteiger partial charge on any atom is -0.464 e. The maximum Gasteiger partial charge on any atom is 0.254 e. The molecule has 0 fully saturated rings. The van der Waals surface area contributed by atoms with Crippen LogP contribution in [-0.4, -0.2) is 17.9 Å². The van der Waals surface area contributed by atoms with Gasteiger partial charge in [-0.05, 0) is 37.3 Å². The molecule has 0 bridgehead atoms. The number of anilines is 1. The summed E-state index contributed by atoms with van der Waals surface area (Å²) in [5.74, 6) is 1.44. The number of nitrogen functional groups attached to an aromatic ring is 1. The fourth-order valence-corrected chi connectivity index (χ4v) is 1.94. The third kappa shape index (κ3) is 3.09. The second-order valence-corrected chi connectivity index (χ2v) is 4.82. The SMILES string of the molecule is Cc1ccc(CN(C)C(=O)c2ccc(N)c(Cl)c2)o1. The van der Waals surface area contributed by atoms with Crippen LogP contribution in [0.25, 0.3) is 0 Å². The third-order valence-corrected chi connectivity index (χ3v) is 3.11. The molecule has 0 aliphatic carbocycles. The Morgan fingerprint density at radius 3 is 2.68 bits per heavy atom. The first-order chi connectivity index (χ1) is 8.97. The van der Waals surface area contributed by atoms with Gasteiger partial charge in [0.15, 0.2) is 0 Å². The standard InChI is InChI=1S/C14H15ClN2O2/c1-9-3-5-11(19-9)8-17(2)14(18)10-4-6-13(16)12(15)7-10/h3-7H,8,16H2,1-2H3. The molecule has 1 heterocycles. The average Bonchev–Trinajstić information content (AvgIpc) is 2.77. The van der Waals surface area contributed by atoms with Crippen LogP contribution in [0, 0.1) is 6.92 Å². The number of carbonyl (C=O) groups excluding carboxylic acids is 1. The van der Waals surface area contributed by atoms with E-state index in [0.717, 1.165) is 11.5 Å². The second-order valence-electron chi connectivity index (χ2n) is 4.41. The molecule has 100 valence electrons. The quantitative estimate of drug-likeness (QED) is 0.878. The fraction of sp³-hybridized carbons (Fsp3) is 0.214. The molecule has 2 aromatic rings. The smallest absolute Gasteiger partial charge is 0.254 e. The number of hydrogen-bond acceptors (Lipinski definition) is 3. The van der Waals surface area contributed by atoms with Gasteiger partial charge in [0.2, 0.25) is 0 Å². The number of amides is 1. The first-order valence-corrected chi connectivity index (χ1v) is 6.21. The van der Waals surface area contributed by atoms with Crippen LogP contribution in [-0.2, 0) is 6.54 Å². The van der Waals surface area contributed by atoms with E-state index in [-0.39, 0.29) is 5.91 Å². The summed E-state index contributed by atoms with van der Waals surface area (Å²) in [5.41, 5.74) is 6.58. The van der Waals surface area contributed by atoms with E-state index in [1.165, 1.54) is 0 Å². The van der Waals surface area contributed by atoms with E-state index in [2.05, 4.69) is 0 Å². The highest BCUT2D eigenvalue weighted by molar-refractivity contribution is 6.33. The van der Waals surface area contributed by atoms with Crippen molar-refractivity contribution in [2.75, 3.05) is 12.8 Å². The van der Waals surface area contributed by atoms with Crippen LogP contribution in [0.1, 0.15) is 21.9 Å². The Morgan fingerprint density at radius 1 is 1.37 bits per heavy atom. The van der Waals surface area contributed by atoms with Crippen LogP contribution in [0.2, 0.25) is 5.02 Å². The number of carbonyl (C=O) groups is 1. The van der Waals surface area contributed by atoms with Crippen LogP contribution < -0.4 is 5.73 Å². The Bertz CT molecular complexity index is 607. The first kappa shape index (κ1) is 13.5. The molecule has 1 aromatic carbocycles. The monoisotopic (exact) mass is 278 g/mol. The molecule has 0 saturated heterocycles. The molecule has 0 saturated carbocycles. The van der Waals surface area contributed by atoms with E-state index in [9.17, 15) is 4.79 Å². The van der Waals surface area contributed by atoms with Gasteiger partial charge in [-0.15, -0.1) is 0 Å². The van der Waals surface area contributed by atoms with Crippen molar-refractivity contribution in [3.63, 3.8) is 0 Å². The predicted molar refractivity (Wildman–Crippen MR) is 75.1 cm³/mol. The molecule has 0 spiro atoms. The van der Waals surface area contributed by atoms with Gasteiger partial charge in [0, 0.05) is 12.6 Å². The summed E-state index contributed by atoms with van der Waals surface area (Å²) in [5, 5.41) is 0.382. The van der Waals surface area contributed by atoms with Gasteiger partial charge in [0.1, 0.15) is 11.5 Å². The van der Waals surface area contributed by atoms with Gasteiger partial charge in [-0.2, -0.15) is 0 Å². The molecule has 4 nitrogen and oxygen atoms in total. The number of benzene rings is 1. The van der Waals surface area contributed by atoms with Gasteiger partial charge in [0.25, 0.3) is 5.91 Å². The zero-order valence-electron chi connectivity index (χ0n) is 10.8. The summed E-state index contributed by atoms with van der Waals surface area (Å²) in [6.07, 6.45) is 0. The van der Waals surface area contributed by atoms with Gasteiger partial charge in [-0.1, -0.05) is 11.6 Å². The normalized spacial score (nSPS) is 10.5. The zero-order chi connectivity index (χ0) is 14.0. The average molecular weight is 279 g/mol. The molecule has 0 aliphatic heterocycles. The first-order valence-electron chi connectivity index (χ1n) is 5.83. The number of rotatable bonds is 3. The molecule has 1 amide bonds. The predicted octanol–water partition coefficient (Wildman–Crippen LogP) is 3.10. The highest BCUT2D eigenvalue weighted by Gasteiger charge is 2.14. The van der Waals surface area contributed by atoms with Crippen LogP contribution >= 0.6 is 11.6 Å². The van der Waals surface area contributed by atoms with Crippen molar-refractivity contribution >= 4 is 23.2 Å². The van der Waals surface area contributed by atoms with E-state index in [1.54, 1.807) is 30.1 Å². The van der Waals surface area contributed by atoms with Crippen LogP contribution in [0.3, 0.4) is 0 Å². The van der Waals surface area contributed by atoms with Crippen molar-refractivity contribution < 1.29 is 9.21 Å². The molecule has 5 heteroatoms. The molecule has 2 N–H and O–H groups in total. The number of halogens is 1. The van der Waals surface area contributed by atoms with Crippen LogP contribution in [0.15, 0.2) is 34.7 Å². The summed E-state index contributed by atoms with van der Waals surface area (Å²) >= 11 is 5.91. The lowest BCUT2D eigenvalue weighted by molar-refractivity contribution is 0.0775. The number of aryl methyl sites for hydroxylation is 1. The van der Waals surface area contributed by atoms with Crippen LogP contribution in [0.4, 0.5) is 5.69 Å². The molecular formula is C14H15ClN2O2. The number of nitrogens with two attached hydrogens (primary N) is 1. The Balaban J connectivity index is 2.12. The number of nitrogens with zero attached hydrogens (tertiary/aromatic N) is 1. The topological polar surface area (TPSA) is 59.5 Å². The second kappa shape index (κ2) is 5.36. The Kier molecular flexibility index (Phi) is 3.81. The van der Waals surface area contributed by atoms with Crippen molar-refractivity contribution in [3.8, 4) is 0 Å². The van der Waals surface area contributed by atoms with Crippen molar-refractivity contribution in [1.82, 2.24) is 4.90 Å². The molecule has 0 unspecified atom stereocenters. The minimum absolute atomic E-state index is 0.129. The summed E-state index contributed by atoms with van der Waals surface area (Å²) < 4.78 is 5.44. The van der Waals surface area contributed by atoms with Gasteiger partial charge in [0.05, 0.1) is 17.3 Å². The van der Waals surface area contributed by atoms with Crippen molar-refractivity contribution in [1.29, 1.82) is 0 Å². The van der Waals surface area contributed by atoms with Gasteiger partial charge < -0.3 is 15.1 Å². The largest absolute Gasteiger partial charge is 0.464 e. The summed E-state index contributed by atoms with van der Waals surface area (Å²) in [6.45, 7) is 2.28. The highest BCUT2D eigenvalue weighted by atomic mass is 35.5. The lowest BCUT2D eigenvalue weighted by Gasteiger charge is -2.16. The van der Waals surface area contributed by atoms with Crippen molar-refractivity contribution in [3.05, 3.63) is 52.4 Å². The lowest BCUT2D eigenvalue weighted by atomic mass is 10.2. The Morgan fingerprint density at radius 2 is 2.11 bits per heavy atom. The van der Waals surface area contributed by atoms with E-state index in [0.29, 0.717) is 22.8 Å². The van der Waals surface area contributed by atoms with Crippen LogP contribution in [0.5, 0.6) is 0 Å². The molecule has 0 atom stereocenters. The number of hydrogen-bond donors (Lipinski definition) is 1. The van der Waals surface area contributed by atoms with E-state index in [1.807, 2.05) is 19.1 Å². The number of furan rings is 1.